The summed E-state index contributed by atoms with van der Waals surface area (Å²) in [7, 11) is 0. The van der Waals surface area contributed by atoms with Gasteiger partial charge in [0.2, 0.25) is 0 Å². The van der Waals surface area contributed by atoms with Crippen molar-refractivity contribution in [2.75, 3.05) is 51.5 Å². The maximum absolute atomic E-state index is 13.3. The summed E-state index contributed by atoms with van der Waals surface area (Å²) in [4.78, 5) is 26.9. The monoisotopic (exact) mass is 532 g/mol. The molecular formula is C31H33FN2O5. The van der Waals surface area contributed by atoms with Crippen molar-refractivity contribution in [3.8, 4) is 11.5 Å². The van der Waals surface area contributed by atoms with Crippen molar-refractivity contribution in [1.29, 1.82) is 0 Å². The highest BCUT2D eigenvalue weighted by atomic mass is 19.1. The summed E-state index contributed by atoms with van der Waals surface area (Å²) >= 11 is 0. The van der Waals surface area contributed by atoms with Gasteiger partial charge in [0.1, 0.15) is 24.8 Å². The van der Waals surface area contributed by atoms with E-state index < -0.39 is 6.67 Å². The summed E-state index contributed by atoms with van der Waals surface area (Å²) < 4.78 is 28.5. The van der Waals surface area contributed by atoms with Crippen molar-refractivity contribution in [3.63, 3.8) is 0 Å². The van der Waals surface area contributed by atoms with E-state index in [1.807, 2.05) is 23.1 Å². The van der Waals surface area contributed by atoms with Gasteiger partial charge in [-0.05, 0) is 60.2 Å². The van der Waals surface area contributed by atoms with E-state index in [0.29, 0.717) is 49.2 Å². The van der Waals surface area contributed by atoms with Gasteiger partial charge in [-0.25, -0.2) is 4.39 Å². The number of benzene rings is 3. The molecule has 204 valence electrons. The Morgan fingerprint density at radius 1 is 0.974 bits per heavy atom. The van der Waals surface area contributed by atoms with E-state index in [9.17, 15) is 14.0 Å². The molecule has 1 saturated heterocycles. The highest BCUT2D eigenvalue weighted by Crippen LogP contribution is 2.39. The average molecular weight is 533 g/mol. The molecule has 0 aromatic heterocycles. The number of hydrogen-bond acceptors (Lipinski definition) is 5. The van der Waals surface area contributed by atoms with Gasteiger partial charge >= 0.3 is 0 Å². The van der Waals surface area contributed by atoms with E-state index in [1.165, 1.54) is 11.1 Å². The van der Waals surface area contributed by atoms with E-state index in [-0.39, 0.29) is 30.9 Å². The molecule has 7 nitrogen and oxygen atoms in total. The zero-order valence-corrected chi connectivity index (χ0v) is 21.8. The van der Waals surface area contributed by atoms with Crippen LogP contribution in [0.5, 0.6) is 11.5 Å². The number of likely N-dealkylation sites (tertiary alicyclic amines) is 1. The summed E-state index contributed by atoms with van der Waals surface area (Å²) in [5, 5.41) is 2.78. The van der Waals surface area contributed by atoms with Crippen LogP contribution >= 0.6 is 0 Å². The van der Waals surface area contributed by atoms with E-state index in [2.05, 4.69) is 41.7 Å². The van der Waals surface area contributed by atoms with Gasteiger partial charge in [0, 0.05) is 24.6 Å². The third-order valence-electron chi connectivity index (χ3n) is 7.27. The predicted octanol–water partition coefficient (Wildman–Crippen LogP) is 5.07. The van der Waals surface area contributed by atoms with Gasteiger partial charge in [-0.15, -0.1) is 0 Å². The van der Waals surface area contributed by atoms with Crippen LogP contribution in [-0.4, -0.2) is 62.9 Å². The van der Waals surface area contributed by atoms with Crippen LogP contribution in [0.2, 0.25) is 0 Å². The fourth-order valence-electron chi connectivity index (χ4n) is 5.38. The van der Waals surface area contributed by atoms with Crippen molar-refractivity contribution >= 4 is 17.5 Å². The van der Waals surface area contributed by atoms with Gasteiger partial charge in [0.05, 0.1) is 18.9 Å². The van der Waals surface area contributed by atoms with Crippen LogP contribution in [0.4, 0.5) is 10.1 Å². The van der Waals surface area contributed by atoms with E-state index in [4.69, 9.17) is 14.2 Å². The van der Waals surface area contributed by atoms with E-state index >= 15 is 0 Å². The quantitative estimate of drug-likeness (QED) is 0.369. The molecular weight excluding hydrogens is 499 g/mol. The minimum atomic E-state index is -0.494. The van der Waals surface area contributed by atoms with Gasteiger partial charge in [0.15, 0.2) is 6.61 Å². The molecule has 0 aliphatic carbocycles. The van der Waals surface area contributed by atoms with Crippen LogP contribution in [0.3, 0.4) is 0 Å². The number of carbonyl (C=O) groups is 2. The first-order valence-corrected chi connectivity index (χ1v) is 13.4. The van der Waals surface area contributed by atoms with Crippen molar-refractivity contribution in [1.82, 2.24) is 4.90 Å². The van der Waals surface area contributed by atoms with Gasteiger partial charge < -0.3 is 24.4 Å². The molecule has 1 atom stereocenters. The first-order valence-electron chi connectivity index (χ1n) is 13.4. The second kappa shape index (κ2) is 12.8. The van der Waals surface area contributed by atoms with Crippen LogP contribution in [0.15, 0.2) is 72.8 Å². The molecule has 2 amide bonds. The lowest BCUT2D eigenvalue weighted by Crippen LogP contribution is -2.40. The first-order chi connectivity index (χ1) is 19.1. The number of hydrogen-bond donors (Lipinski definition) is 1. The van der Waals surface area contributed by atoms with Crippen LogP contribution in [0, 0.1) is 5.92 Å². The van der Waals surface area contributed by atoms with E-state index in [0.717, 1.165) is 18.6 Å². The second-order valence-electron chi connectivity index (χ2n) is 9.78. The Morgan fingerprint density at radius 3 is 2.46 bits per heavy atom. The molecule has 2 heterocycles. The number of rotatable bonds is 10. The van der Waals surface area contributed by atoms with Crippen molar-refractivity contribution in [2.24, 2.45) is 5.92 Å². The Bertz CT molecular complexity index is 1260. The number of nitrogens with zero attached hydrogens (tertiary/aromatic N) is 1. The molecule has 1 fully saturated rings. The minimum Gasteiger partial charge on any atom is -0.491 e. The minimum absolute atomic E-state index is 0.0112. The number of nitrogens with one attached hydrogen (secondary N) is 1. The van der Waals surface area contributed by atoms with Crippen molar-refractivity contribution < 1.29 is 28.2 Å². The van der Waals surface area contributed by atoms with Gasteiger partial charge in [0.25, 0.3) is 11.8 Å². The number of ether oxygens (including phenoxy) is 3. The number of halogens is 1. The highest BCUT2D eigenvalue weighted by Gasteiger charge is 2.31. The third kappa shape index (κ3) is 6.57. The maximum Gasteiger partial charge on any atom is 0.262 e. The van der Waals surface area contributed by atoms with Crippen molar-refractivity contribution in [3.05, 3.63) is 89.5 Å². The standard InChI is InChI=1S/C31H33FN2O5/c32-14-17-37-18-19-38-26-9-6-23(7-10-26)30(22-4-2-1-3-5-22)24-12-15-34(16-13-24)31(36)25-8-11-28-27(20-25)33-29(35)21-39-28/h1-11,20,24,30H,12-19,21H2,(H,33,35). The largest absolute Gasteiger partial charge is 0.491 e. The summed E-state index contributed by atoms with van der Waals surface area (Å²) in [6, 6.07) is 23.8. The number of anilines is 1. The Labute approximate surface area is 227 Å². The fourth-order valence-corrected chi connectivity index (χ4v) is 5.38. The number of alkyl halides is 1. The zero-order valence-electron chi connectivity index (χ0n) is 21.8. The molecule has 0 spiro atoms. The van der Waals surface area contributed by atoms with Gasteiger partial charge in [-0.1, -0.05) is 42.5 Å². The van der Waals surface area contributed by atoms with E-state index in [1.54, 1.807) is 18.2 Å². The van der Waals surface area contributed by atoms with Crippen LogP contribution in [-0.2, 0) is 9.53 Å². The number of carbonyl (C=O) groups excluding carboxylic acids is 2. The predicted molar refractivity (Wildman–Crippen MR) is 146 cm³/mol. The molecule has 0 radical (unpaired) electrons. The summed E-state index contributed by atoms with van der Waals surface area (Å²) in [6.45, 7) is 1.63. The fraction of sp³-hybridized carbons (Fsp3) is 0.355. The molecule has 2 aliphatic rings. The lowest BCUT2D eigenvalue weighted by molar-refractivity contribution is -0.118. The smallest absolute Gasteiger partial charge is 0.262 e. The third-order valence-corrected chi connectivity index (χ3v) is 7.27. The molecule has 1 unspecified atom stereocenters. The zero-order chi connectivity index (χ0) is 27.0. The Hall–Kier alpha value is -3.91. The summed E-state index contributed by atoms with van der Waals surface area (Å²) in [6.07, 6.45) is 1.75. The Balaban J connectivity index is 1.25. The molecule has 0 saturated carbocycles. The molecule has 8 heteroatoms. The SMILES string of the molecule is O=C1COc2ccc(C(=O)N3CCC(C(c4ccccc4)c4ccc(OCCOCCF)cc4)CC3)cc2N1. The van der Waals surface area contributed by atoms with Crippen molar-refractivity contribution in [2.45, 2.75) is 18.8 Å². The van der Waals surface area contributed by atoms with Crippen LogP contribution in [0.25, 0.3) is 0 Å². The maximum atomic E-state index is 13.3. The van der Waals surface area contributed by atoms with Crippen LogP contribution in [0.1, 0.15) is 40.2 Å². The lowest BCUT2D eigenvalue weighted by atomic mass is 9.76. The highest BCUT2D eigenvalue weighted by molar-refractivity contribution is 5.99. The average Bonchev–Trinajstić information content (AvgIpc) is 2.98. The molecule has 2 aliphatic heterocycles. The first kappa shape index (κ1) is 26.7. The normalized spacial score (nSPS) is 16.1. The Kier molecular flexibility index (Phi) is 8.73. The number of amides is 2. The van der Waals surface area contributed by atoms with Gasteiger partial charge in [-0.3, -0.25) is 9.59 Å². The molecule has 1 N–H and O–H groups in total. The summed E-state index contributed by atoms with van der Waals surface area (Å²) in [5.41, 5.74) is 3.54. The lowest BCUT2D eigenvalue weighted by Gasteiger charge is -2.37. The number of fused-ring (bicyclic) bond motifs is 1. The summed E-state index contributed by atoms with van der Waals surface area (Å²) in [5.74, 6) is 1.64. The topological polar surface area (TPSA) is 77.1 Å². The number of piperidine rings is 1. The van der Waals surface area contributed by atoms with Crippen LogP contribution < -0.4 is 14.8 Å². The molecule has 3 aromatic carbocycles. The Morgan fingerprint density at radius 2 is 1.72 bits per heavy atom. The molecule has 5 rings (SSSR count). The second-order valence-corrected chi connectivity index (χ2v) is 9.78. The molecule has 0 bridgehead atoms. The molecule has 39 heavy (non-hydrogen) atoms. The van der Waals surface area contributed by atoms with Gasteiger partial charge in [-0.2, -0.15) is 0 Å². The molecule has 3 aromatic rings.